The average molecular weight is 469 g/mol. The molecule has 2 aliphatic heterocycles. The number of amides is 2. The molecule has 1 aromatic carbocycles. The molecular weight excluding hydrogens is 448 g/mol. The van der Waals surface area contributed by atoms with E-state index in [2.05, 4.69) is 14.9 Å². The summed E-state index contributed by atoms with van der Waals surface area (Å²) in [7, 11) is 0. The van der Waals surface area contributed by atoms with Crippen LogP contribution in [0.25, 0.3) is 10.4 Å². The van der Waals surface area contributed by atoms with Gasteiger partial charge in [0.25, 0.3) is 5.91 Å². The van der Waals surface area contributed by atoms with Gasteiger partial charge in [0.1, 0.15) is 18.7 Å². The van der Waals surface area contributed by atoms with Crippen LogP contribution in [0.2, 0.25) is 0 Å². The van der Waals surface area contributed by atoms with Gasteiger partial charge in [-0.15, -0.1) is 16.4 Å². The number of fused-ring (bicyclic) bond motifs is 1. The number of carbonyl (C=O) groups is 3. The van der Waals surface area contributed by atoms with Crippen molar-refractivity contribution >= 4 is 40.5 Å². The van der Waals surface area contributed by atoms with E-state index in [1.165, 1.54) is 22.9 Å². The van der Waals surface area contributed by atoms with Crippen molar-refractivity contribution in [2.75, 3.05) is 13.2 Å². The third kappa shape index (κ3) is 4.08. The van der Waals surface area contributed by atoms with Crippen molar-refractivity contribution in [3.8, 4) is 10.4 Å². The fourth-order valence-electron chi connectivity index (χ4n) is 4.19. The van der Waals surface area contributed by atoms with Gasteiger partial charge in [-0.2, -0.15) is 0 Å². The van der Waals surface area contributed by atoms with Crippen molar-refractivity contribution in [3.05, 3.63) is 58.4 Å². The van der Waals surface area contributed by atoms with Gasteiger partial charge in [0.15, 0.2) is 5.78 Å². The highest BCUT2D eigenvalue weighted by Gasteiger charge is 2.48. The van der Waals surface area contributed by atoms with Crippen LogP contribution in [0, 0.1) is 0 Å². The van der Waals surface area contributed by atoms with E-state index in [0.29, 0.717) is 24.9 Å². The SMILES string of the molecule is O=C(NC(Cc1cccs1)C(=O)N1CCC2OCC(=O)C21)c1ccc(-c2cnns2)cc1. The number of benzene rings is 1. The monoisotopic (exact) mass is 468 g/mol. The van der Waals surface area contributed by atoms with E-state index in [0.717, 1.165) is 15.3 Å². The van der Waals surface area contributed by atoms with Crippen LogP contribution in [0.15, 0.2) is 48.0 Å². The molecule has 164 valence electrons. The second-order valence-electron chi connectivity index (χ2n) is 7.75. The first-order valence-electron chi connectivity index (χ1n) is 10.3. The number of Topliss-reactive ketones (excluding diaryl/α,β-unsaturated/α-hetero) is 1. The Morgan fingerprint density at radius 1 is 1.25 bits per heavy atom. The van der Waals surface area contributed by atoms with Gasteiger partial charge in [0, 0.05) is 23.4 Å². The van der Waals surface area contributed by atoms with Crippen LogP contribution in [-0.2, 0) is 20.7 Å². The fraction of sp³-hybridized carbons (Fsp3) is 0.318. The topological polar surface area (TPSA) is 101 Å². The highest BCUT2D eigenvalue weighted by atomic mass is 32.1. The van der Waals surface area contributed by atoms with E-state index < -0.39 is 12.1 Å². The normalized spacial score (nSPS) is 20.9. The Bertz CT molecular complexity index is 1120. The predicted octanol–water partition coefficient (Wildman–Crippen LogP) is 2.18. The standard InChI is InChI=1S/C22H20N4O4S2/c27-17-12-30-18-7-8-26(20(17)18)22(29)16(10-15-2-1-9-31-15)24-21(28)14-5-3-13(4-6-14)19-11-23-25-32-19/h1-6,9,11,16,18,20H,7-8,10,12H2,(H,24,28). The lowest BCUT2D eigenvalue weighted by molar-refractivity contribution is -0.138. The van der Waals surface area contributed by atoms with Crippen LogP contribution >= 0.6 is 22.9 Å². The molecule has 4 heterocycles. The van der Waals surface area contributed by atoms with Crippen LogP contribution in [0.3, 0.4) is 0 Å². The zero-order valence-electron chi connectivity index (χ0n) is 17.0. The van der Waals surface area contributed by atoms with Crippen molar-refractivity contribution in [3.63, 3.8) is 0 Å². The summed E-state index contributed by atoms with van der Waals surface area (Å²) in [6.45, 7) is 0.497. The maximum Gasteiger partial charge on any atom is 0.251 e. The molecule has 3 aromatic rings. The minimum Gasteiger partial charge on any atom is -0.368 e. The number of likely N-dealkylation sites (tertiary alicyclic amines) is 1. The second-order valence-corrected chi connectivity index (χ2v) is 9.57. The van der Waals surface area contributed by atoms with Gasteiger partial charge >= 0.3 is 0 Å². The summed E-state index contributed by atoms with van der Waals surface area (Å²) in [5, 5.41) is 8.67. The molecule has 2 fully saturated rings. The zero-order chi connectivity index (χ0) is 22.1. The van der Waals surface area contributed by atoms with Crippen LogP contribution < -0.4 is 5.32 Å². The van der Waals surface area contributed by atoms with E-state index in [-0.39, 0.29) is 30.3 Å². The third-order valence-electron chi connectivity index (χ3n) is 5.78. The van der Waals surface area contributed by atoms with Gasteiger partial charge in [-0.1, -0.05) is 22.7 Å². The number of carbonyl (C=O) groups excluding carboxylic acids is 3. The Morgan fingerprint density at radius 3 is 2.81 bits per heavy atom. The number of aromatic nitrogens is 2. The van der Waals surface area contributed by atoms with Gasteiger partial charge in [0.2, 0.25) is 5.91 Å². The third-order valence-corrected chi connectivity index (χ3v) is 7.39. The first kappa shape index (κ1) is 20.9. The van der Waals surface area contributed by atoms with Gasteiger partial charge < -0.3 is 15.0 Å². The lowest BCUT2D eigenvalue weighted by Gasteiger charge is -2.27. The first-order chi connectivity index (χ1) is 15.6. The smallest absolute Gasteiger partial charge is 0.251 e. The molecule has 2 aliphatic rings. The van der Waals surface area contributed by atoms with Crippen LogP contribution in [-0.4, -0.2) is 63.4 Å². The number of thiophene rings is 1. The summed E-state index contributed by atoms with van der Waals surface area (Å²) in [5.74, 6) is -0.653. The van der Waals surface area contributed by atoms with Crippen molar-refractivity contribution in [1.29, 1.82) is 0 Å². The molecule has 32 heavy (non-hydrogen) atoms. The quantitative estimate of drug-likeness (QED) is 0.595. The summed E-state index contributed by atoms with van der Waals surface area (Å²) in [6, 6.07) is 9.65. The lowest BCUT2D eigenvalue weighted by atomic mass is 10.1. The highest BCUT2D eigenvalue weighted by molar-refractivity contribution is 7.10. The summed E-state index contributed by atoms with van der Waals surface area (Å²) < 4.78 is 9.37. The van der Waals surface area contributed by atoms with Gasteiger partial charge in [-0.25, -0.2) is 0 Å². The number of hydrogen-bond acceptors (Lipinski definition) is 8. The number of ketones is 1. The summed E-state index contributed by atoms with van der Waals surface area (Å²) in [6.07, 6.45) is 2.44. The van der Waals surface area contributed by atoms with E-state index in [4.69, 9.17) is 4.74 Å². The van der Waals surface area contributed by atoms with Crippen molar-refractivity contribution in [2.45, 2.75) is 31.0 Å². The van der Waals surface area contributed by atoms with Crippen LogP contribution in [0.4, 0.5) is 0 Å². The van der Waals surface area contributed by atoms with Crippen molar-refractivity contribution in [2.24, 2.45) is 0 Å². The molecule has 0 saturated carbocycles. The molecule has 2 saturated heterocycles. The molecule has 10 heteroatoms. The average Bonchev–Trinajstić information content (AvgIpc) is 3.60. The molecule has 1 N–H and O–H groups in total. The number of rotatable bonds is 6. The Morgan fingerprint density at radius 2 is 2.09 bits per heavy atom. The minimum atomic E-state index is -0.765. The Hall–Kier alpha value is -2.95. The van der Waals surface area contributed by atoms with E-state index in [1.807, 2.05) is 29.6 Å². The minimum absolute atomic E-state index is 0.0443. The molecule has 3 unspecified atom stereocenters. The second kappa shape index (κ2) is 8.89. The maximum absolute atomic E-state index is 13.4. The molecule has 0 radical (unpaired) electrons. The van der Waals surface area contributed by atoms with Crippen LogP contribution in [0.1, 0.15) is 21.7 Å². The van der Waals surface area contributed by atoms with Gasteiger partial charge in [0.05, 0.1) is 17.2 Å². The molecule has 2 amide bonds. The number of nitrogens with zero attached hydrogens (tertiary/aromatic N) is 3. The highest BCUT2D eigenvalue weighted by Crippen LogP contribution is 2.28. The lowest BCUT2D eigenvalue weighted by Crippen LogP contribution is -2.53. The Balaban J connectivity index is 1.34. The van der Waals surface area contributed by atoms with Gasteiger partial charge in [-0.05, 0) is 47.1 Å². The van der Waals surface area contributed by atoms with E-state index >= 15 is 0 Å². The summed E-state index contributed by atoms with van der Waals surface area (Å²) in [5.41, 5.74) is 1.38. The van der Waals surface area contributed by atoms with Gasteiger partial charge in [-0.3, -0.25) is 14.4 Å². The molecule has 0 spiro atoms. The molecule has 3 atom stereocenters. The molecule has 0 aliphatic carbocycles. The Kier molecular flexibility index (Phi) is 5.81. The summed E-state index contributed by atoms with van der Waals surface area (Å²) >= 11 is 2.81. The fourth-order valence-corrected chi connectivity index (χ4v) is 5.46. The Labute approximate surface area is 192 Å². The first-order valence-corrected chi connectivity index (χ1v) is 11.9. The van der Waals surface area contributed by atoms with Crippen LogP contribution in [0.5, 0.6) is 0 Å². The molecule has 8 nitrogen and oxygen atoms in total. The maximum atomic E-state index is 13.4. The predicted molar refractivity (Wildman–Crippen MR) is 119 cm³/mol. The number of ether oxygens (including phenoxy) is 1. The van der Waals surface area contributed by atoms with E-state index in [1.54, 1.807) is 23.2 Å². The molecule has 5 rings (SSSR count). The van der Waals surface area contributed by atoms with E-state index in [9.17, 15) is 14.4 Å². The number of hydrogen-bond donors (Lipinski definition) is 1. The molecular formula is C22H20N4O4S2. The van der Waals surface area contributed by atoms with Crippen molar-refractivity contribution < 1.29 is 19.1 Å². The molecule has 2 aromatic heterocycles. The zero-order valence-corrected chi connectivity index (χ0v) is 18.6. The number of nitrogens with one attached hydrogen (secondary N) is 1. The largest absolute Gasteiger partial charge is 0.368 e. The molecule has 0 bridgehead atoms. The van der Waals surface area contributed by atoms with Crippen molar-refractivity contribution in [1.82, 2.24) is 19.8 Å². The summed E-state index contributed by atoms with van der Waals surface area (Å²) in [4.78, 5) is 42.2.